The van der Waals surface area contributed by atoms with Crippen molar-refractivity contribution in [3.63, 3.8) is 0 Å². The number of hydrogen-bond acceptors (Lipinski definition) is 4. The van der Waals surface area contributed by atoms with Crippen molar-refractivity contribution in [1.29, 1.82) is 0 Å². The van der Waals surface area contributed by atoms with Crippen LogP contribution >= 0.6 is 23.2 Å². The van der Waals surface area contributed by atoms with Gasteiger partial charge in [0.05, 0.1) is 22.3 Å². The van der Waals surface area contributed by atoms with Crippen molar-refractivity contribution in [3.05, 3.63) is 64.1 Å². The fourth-order valence-electron chi connectivity index (χ4n) is 2.91. The average Bonchev–Trinajstić information content (AvgIpc) is 2.68. The fraction of sp³-hybridized carbons (Fsp3) is 0.158. The molecule has 1 aliphatic rings. The van der Waals surface area contributed by atoms with Crippen molar-refractivity contribution in [2.24, 2.45) is 0 Å². The Hall–Kier alpha value is -2.54. The Kier molecular flexibility index (Phi) is 6.01. The molecule has 3 rings (SSSR count). The molecule has 6 nitrogen and oxygen atoms in total. The van der Waals surface area contributed by atoms with Crippen molar-refractivity contribution >= 4 is 52.5 Å². The zero-order chi connectivity index (χ0) is 19.4. The molecular formula is C19H17Cl2N3O3. The molecule has 1 heterocycles. The summed E-state index contributed by atoms with van der Waals surface area (Å²) >= 11 is 12.0. The number of piperazine rings is 1. The van der Waals surface area contributed by atoms with Gasteiger partial charge in [0.2, 0.25) is 5.91 Å². The Morgan fingerprint density at radius 3 is 2.59 bits per heavy atom. The number of amides is 2. The molecule has 0 aliphatic carbocycles. The van der Waals surface area contributed by atoms with Crippen LogP contribution in [-0.2, 0) is 9.59 Å². The first-order valence-electron chi connectivity index (χ1n) is 8.21. The highest BCUT2D eigenvalue weighted by Gasteiger charge is 2.26. The van der Waals surface area contributed by atoms with E-state index in [9.17, 15) is 9.59 Å². The number of para-hydroxylation sites is 1. The number of hydroxylamine groups is 1. The van der Waals surface area contributed by atoms with Crippen LogP contribution in [0, 0.1) is 0 Å². The van der Waals surface area contributed by atoms with Gasteiger partial charge < -0.3 is 9.80 Å². The number of nitrogens with one attached hydrogen (secondary N) is 1. The lowest BCUT2D eigenvalue weighted by molar-refractivity contribution is -0.124. The van der Waals surface area contributed by atoms with Gasteiger partial charge in [-0.05, 0) is 35.9 Å². The van der Waals surface area contributed by atoms with Gasteiger partial charge in [0.1, 0.15) is 0 Å². The van der Waals surface area contributed by atoms with Crippen LogP contribution in [0.15, 0.2) is 48.5 Å². The van der Waals surface area contributed by atoms with E-state index in [-0.39, 0.29) is 12.5 Å². The minimum absolute atomic E-state index is 0.0696. The van der Waals surface area contributed by atoms with E-state index in [1.807, 2.05) is 29.2 Å². The van der Waals surface area contributed by atoms with Crippen LogP contribution in [0.4, 0.5) is 11.4 Å². The molecule has 2 amide bonds. The normalized spacial score (nSPS) is 14.7. The molecule has 8 heteroatoms. The first-order valence-corrected chi connectivity index (χ1v) is 8.96. The van der Waals surface area contributed by atoms with E-state index < -0.39 is 5.91 Å². The second-order valence-electron chi connectivity index (χ2n) is 5.93. The van der Waals surface area contributed by atoms with Crippen LogP contribution in [0.25, 0.3) is 6.08 Å². The highest BCUT2D eigenvalue weighted by atomic mass is 35.5. The largest absolute Gasteiger partial charge is 0.360 e. The number of nitrogens with zero attached hydrogens (tertiary/aromatic N) is 2. The maximum Gasteiger partial charge on any atom is 0.267 e. The van der Waals surface area contributed by atoms with Crippen LogP contribution in [-0.4, -0.2) is 36.7 Å². The average molecular weight is 406 g/mol. The molecule has 0 radical (unpaired) electrons. The van der Waals surface area contributed by atoms with Crippen molar-refractivity contribution in [2.75, 3.05) is 29.4 Å². The Labute approximate surface area is 166 Å². The van der Waals surface area contributed by atoms with E-state index in [1.54, 1.807) is 34.7 Å². The zero-order valence-corrected chi connectivity index (χ0v) is 15.7. The molecule has 140 valence electrons. The predicted molar refractivity (Wildman–Crippen MR) is 106 cm³/mol. The van der Waals surface area contributed by atoms with Gasteiger partial charge in [-0.15, -0.1) is 0 Å². The monoisotopic (exact) mass is 405 g/mol. The standard InChI is InChI=1S/C19H17Cl2N3O3/c20-15-7-6-14(11-16(15)21)23-9-10-24(19(26)12-23)17-4-2-1-3-13(17)5-8-18(25)22-27/h1-8,11,27H,9-10,12H2,(H,22,25). The summed E-state index contributed by atoms with van der Waals surface area (Å²) in [6.45, 7) is 1.31. The summed E-state index contributed by atoms with van der Waals surface area (Å²) in [5.74, 6) is -0.708. The maximum atomic E-state index is 12.8. The number of hydrogen-bond donors (Lipinski definition) is 2. The molecule has 1 aliphatic heterocycles. The van der Waals surface area contributed by atoms with Gasteiger partial charge >= 0.3 is 0 Å². The Balaban J connectivity index is 1.79. The summed E-state index contributed by atoms with van der Waals surface area (Å²) in [6, 6.07) is 12.6. The molecule has 1 fully saturated rings. The van der Waals surface area contributed by atoms with Crippen molar-refractivity contribution in [1.82, 2.24) is 5.48 Å². The topological polar surface area (TPSA) is 72.9 Å². The van der Waals surface area contributed by atoms with Gasteiger partial charge in [0.15, 0.2) is 0 Å². The SMILES string of the molecule is O=C(C=Cc1ccccc1N1CCN(c2ccc(Cl)c(Cl)c2)CC1=O)NO. The summed E-state index contributed by atoms with van der Waals surface area (Å²) < 4.78 is 0. The van der Waals surface area contributed by atoms with E-state index in [2.05, 4.69) is 0 Å². The van der Waals surface area contributed by atoms with Crippen molar-refractivity contribution in [3.8, 4) is 0 Å². The van der Waals surface area contributed by atoms with Crippen LogP contribution in [0.3, 0.4) is 0 Å². The molecule has 2 aromatic carbocycles. The lowest BCUT2D eigenvalue weighted by Crippen LogP contribution is -2.50. The molecule has 0 bridgehead atoms. The minimum Gasteiger partial charge on any atom is -0.360 e. The Morgan fingerprint density at radius 1 is 1.11 bits per heavy atom. The van der Waals surface area contributed by atoms with E-state index in [4.69, 9.17) is 28.4 Å². The first kappa shape index (κ1) is 19.2. The summed E-state index contributed by atoms with van der Waals surface area (Å²) in [7, 11) is 0. The molecule has 0 atom stereocenters. The molecule has 2 aromatic rings. The molecule has 0 unspecified atom stereocenters. The van der Waals surface area contributed by atoms with Crippen LogP contribution in [0.5, 0.6) is 0 Å². The number of carbonyl (C=O) groups excluding carboxylic acids is 2. The van der Waals surface area contributed by atoms with E-state index in [0.29, 0.717) is 34.4 Å². The molecule has 0 spiro atoms. The second kappa shape index (κ2) is 8.43. The minimum atomic E-state index is -0.638. The summed E-state index contributed by atoms with van der Waals surface area (Å²) in [5, 5.41) is 9.52. The van der Waals surface area contributed by atoms with Crippen LogP contribution < -0.4 is 15.3 Å². The highest BCUT2D eigenvalue weighted by molar-refractivity contribution is 6.42. The molecule has 0 saturated carbocycles. The molecular weight excluding hydrogens is 389 g/mol. The van der Waals surface area contributed by atoms with Gasteiger partial charge in [0.25, 0.3) is 5.91 Å². The lowest BCUT2D eigenvalue weighted by atomic mass is 10.1. The maximum absolute atomic E-state index is 12.8. The van der Waals surface area contributed by atoms with Crippen LogP contribution in [0.1, 0.15) is 5.56 Å². The summed E-state index contributed by atoms with van der Waals surface area (Å²) in [4.78, 5) is 27.6. The number of rotatable bonds is 4. The Morgan fingerprint density at radius 2 is 1.89 bits per heavy atom. The number of halogens is 2. The second-order valence-corrected chi connectivity index (χ2v) is 6.75. The van der Waals surface area contributed by atoms with E-state index in [1.165, 1.54) is 6.08 Å². The third-order valence-electron chi connectivity index (χ3n) is 4.24. The van der Waals surface area contributed by atoms with E-state index >= 15 is 0 Å². The molecule has 2 N–H and O–H groups in total. The molecule has 0 aromatic heterocycles. The summed E-state index contributed by atoms with van der Waals surface area (Å²) in [5.41, 5.74) is 3.79. The smallest absolute Gasteiger partial charge is 0.267 e. The van der Waals surface area contributed by atoms with E-state index in [0.717, 1.165) is 5.69 Å². The number of benzene rings is 2. The number of anilines is 2. The van der Waals surface area contributed by atoms with Gasteiger partial charge in [-0.1, -0.05) is 41.4 Å². The third-order valence-corrected chi connectivity index (χ3v) is 4.98. The third kappa shape index (κ3) is 4.42. The van der Waals surface area contributed by atoms with Gasteiger partial charge in [-0.25, -0.2) is 5.48 Å². The quantitative estimate of drug-likeness (QED) is 0.464. The van der Waals surface area contributed by atoms with Crippen molar-refractivity contribution < 1.29 is 14.8 Å². The van der Waals surface area contributed by atoms with Gasteiger partial charge in [-0.3, -0.25) is 14.8 Å². The first-order chi connectivity index (χ1) is 13.0. The van der Waals surface area contributed by atoms with Crippen LogP contribution in [0.2, 0.25) is 10.0 Å². The molecule has 27 heavy (non-hydrogen) atoms. The van der Waals surface area contributed by atoms with Gasteiger partial charge in [-0.2, -0.15) is 0 Å². The summed E-state index contributed by atoms with van der Waals surface area (Å²) in [6.07, 6.45) is 2.76. The molecule has 1 saturated heterocycles. The Bertz CT molecular complexity index is 902. The predicted octanol–water partition coefficient (Wildman–Crippen LogP) is 3.37. The number of carbonyl (C=O) groups is 2. The fourth-order valence-corrected chi connectivity index (χ4v) is 3.20. The zero-order valence-electron chi connectivity index (χ0n) is 14.2. The lowest BCUT2D eigenvalue weighted by Gasteiger charge is -2.36. The highest BCUT2D eigenvalue weighted by Crippen LogP contribution is 2.29. The van der Waals surface area contributed by atoms with Crippen molar-refractivity contribution in [2.45, 2.75) is 0 Å². The van der Waals surface area contributed by atoms with Gasteiger partial charge in [0, 0.05) is 24.9 Å².